The number of hydrogen-bond acceptors (Lipinski definition) is 6. The molecule has 3 aromatic rings. The smallest absolute Gasteiger partial charge is 0.153 e. The minimum atomic E-state index is -0.199. The van der Waals surface area contributed by atoms with Gasteiger partial charge in [-0.2, -0.15) is 0 Å². The molecule has 0 aliphatic heterocycles. The second kappa shape index (κ2) is 10.4. The molecule has 0 radical (unpaired) electrons. The molecule has 30 heavy (non-hydrogen) atoms. The van der Waals surface area contributed by atoms with Crippen LogP contribution in [0.25, 0.3) is 0 Å². The molecular weight excluding hydrogens is 396 g/mol. The Kier molecular flexibility index (Phi) is 7.95. The van der Waals surface area contributed by atoms with Crippen LogP contribution in [0.1, 0.15) is 21.5 Å². The van der Waals surface area contributed by atoms with E-state index in [1.807, 2.05) is 28.2 Å². The van der Waals surface area contributed by atoms with Crippen LogP contribution in [0.3, 0.4) is 0 Å². The zero-order chi connectivity index (χ0) is 22.3. The van der Waals surface area contributed by atoms with Crippen LogP contribution in [-0.4, -0.2) is 49.6 Å². The van der Waals surface area contributed by atoms with Gasteiger partial charge in [-0.1, -0.05) is 36.5 Å². The van der Waals surface area contributed by atoms with Crippen molar-refractivity contribution in [3.05, 3.63) is 83.4 Å². The summed E-state index contributed by atoms with van der Waals surface area (Å²) in [5.74, 6) is -0.252. The first kappa shape index (κ1) is 22.9. The Labute approximate surface area is 182 Å². The zero-order valence-corrected chi connectivity index (χ0v) is 18.4. The molecule has 0 aromatic heterocycles. The van der Waals surface area contributed by atoms with E-state index in [1.54, 1.807) is 0 Å². The van der Waals surface area contributed by atoms with E-state index in [9.17, 15) is 4.79 Å². The standard InChI is InChI=1S/C17H20N2S.C7H6O3/c1-18(2)15-9-5-13(6-10-15)17(20)14-7-11-16(12-8-14)19(3)4;8-4-5-1-2-6(9)3-7(5)10/h5-12H,1-4H3;1-4,9-10H. The monoisotopic (exact) mass is 422 g/mol. The summed E-state index contributed by atoms with van der Waals surface area (Å²) >= 11 is 5.58. The zero-order valence-electron chi connectivity index (χ0n) is 17.5. The topological polar surface area (TPSA) is 64.0 Å². The molecule has 3 aromatic carbocycles. The average molecular weight is 423 g/mol. The predicted octanol–water partition coefficient (Wildman–Crippen LogP) is 4.50. The first-order valence-electron chi connectivity index (χ1n) is 9.29. The predicted molar refractivity (Wildman–Crippen MR) is 127 cm³/mol. The second-order valence-electron chi connectivity index (χ2n) is 7.07. The van der Waals surface area contributed by atoms with Crippen LogP contribution < -0.4 is 9.80 Å². The Bertz CT molecular complexity index is 944. The van der Waals surface area contributed by atoms with E-state index in [1.165, 1.54) is 23.5 Å². The van der Waals surface area contributed by atoms with Crippen molar-refractivity contribution >= 4 is 34.7 Å². The van der Waals surface area contributed by atoms with Gasteiger partial charge in [-0.05, 0) is 47.5 Å². The second-order valence-corrected chi connectivity index (χ2v) is 7.48. The van der Waals surface area contributed by atoms with Crippen LogP contribution in [0.4, 0.5) is 11.4 Å². The Morgan fingerprint density at radius 3 is 1.53 bits per heavy atom. The lowest BCUT2D eigenvalue weighted by atomic mass is 10.0. The van der Waals surface area contributed by atoms with Crippen molar-refractivity contribution in [1.29, 1.82) is 0 Å². The van der Waals surface area contributed by atoms with E-state index in [-0.39, 0.29) is 17.1 Å². The molecule has 6 heteroatoms. The van der Waals surface area contributed by atoms with Crippen LogP contribution in [0.15, 0.2) is 66.7 Å². The minimum absolute atomic E-state index is 0.0527. The molecule has 0 heterocycles. The summed E-state index contributed by atoms with van der Waals surface area (Å²) in [6.45, 7) is 0. The summed E-state index contributed by atoms with van der Waals surface area (Å²) in [6, 6.07) is 20.5. The third-order valence-electron chi connectivity index (χ3n) is 4.43. The molecule has 156 valence electrons. The van der Waals surface area contributed by atoms with Gasteiger partial charge in [0.15, 0.2) is 6.29 Å². The van der Waals surface area contributed by atoms with E-state index in [0.717, 1.165) is 22.1 Å². The number of phenols is 2. The highest BCUT2D eigenvalue weighted by Gasteiger charge is 2.06. The Morgan fingerprint density at radius 2 is 1.20 bits per heavy atom. The molecular formula is C24H26N2O3S. The molecule has 0 saturated carbocycles. The van der Waals surface area contributed by atoms with Crippen LogP contribution in [-0.2, 0) is 0 Å². The van der Waals surface area contributed by atoms with Crippen molar-refractivity contribution in [2.24, 2.45) is 0 Å². The highest BCUT2D eigenvalue weighted by atomic mass is 32.1. The fourth-order valence-electron chi connectivity index (χ4n) is 2.62. The number of rotatable bonds is 5. The molecule has 0 fully saturated rings. The molecule has 0 saturated heterocycles. The van der Waals surface area contributed by atoms with Gasteiger partial charge in [0.25, 0.3) is 0 Å². The summed E-state index contributed by atoms with van der Waals surface area (Å²) in [6.07, 6.45) is 0.523. The van der Waals surface area contributed by atoms with E-state index < -0.39 is 0 Å². The van der Waals surface area contributed by atoms with Gasteiger partial charge in [-0.25, -0.2) is 0 Å². The summed E-state index contributed by atoms with van der Waals surface area (Å²) in [4.78, 5) is 15.2. The van der Waals surface area contributed by atoms with E-state index in [0.29, 0.717) is 6.29 Å². The number of carbonyl (C=O) groups excluding carboxylic acids is 1. The first-order valence-corrected chi connectivity index (χ1v) is 9.70. The number of anilines is 2. The molecule has 0 bridgehead atoms. The van der Waals surface area contributed by atoms with Crippen molar-refractivity contribution in [2.75, 3.05) is 38.0 Å². The van der Waals surface area contributed by atoms with Gasteiger partial charge in [0.2, 0.25) is 0 Å². The van der Waals surface area contributed by atoms with Crippen LogP contribution >= 0.6 is 12.2 Å². The molecule has 0 spiro atoms. The number of carbonyl (C=O) groups is 1. The first-order chi connectivity index (χ1) is 14.2. The van der Waals surface area contributed by atoms with Gasteiger partial charge >= 0.3 is 0 Å². The molecule has 0 aliphatic rings. The highest BCUT2D eigenvalue weighted by Crippen LogP contribution is 2.20. The molecule has 0 atom stereocenters. The van der Waals surface area contributed by atoms with Crippen LogP contribution in [0.5, 0.6) is 11.5 Å². The number of benzene rings is 3. The fraction of sp³-hybridized carbons (Fsp3) is 0.167. The Morgan fingerprint density at radius 1 is 0.767 bits per heavy atom. The summed E-state index contributed by atoms with van der Waals surface area (Å²) in [5, 5.41) is 17.7. The number of aromatic hydroxyl groups is 2. The lowest BCUT2D eigenvalue weighted by molar-refractivity contribution is 0.112. The Balaban J connectivity index is 0.000000269. The van der Waals surface area contributed by atoms with Crippen molar-refractivity contribution in [2.45, 2.75) is 0 Å². The summed E-state index contributed by atoms with van der Waals surface area (Å²) < 4.78 is 0. The van der Waals surface area contributed by atoms with Gasteiger partial charge in [0, 0.05) is 45.6 Å². The maximum atomic E-state index is 10.1. The highest BCUT2D eigenvalue weighted by molar-refractivity contribution is 7.81. The largest absolute Gasteiger partial charge is 0.508 e. The molecule has 5 nitrogen and oxygen atoms in total. The number of nitrogens with zero attached hydrogens (tertiary/aromatic N) is 2. The normalized spacial score (nSPS) is 9.87. The molecule has 0 amide bonds. The van der Waals surface area contributed by atoms with Crippen LogP contribution in [0, 0.1) is 0 Å². The Hall–Kier alpha value is -3.38. The molecule has 3 rings (SSSR count). The SMILES string of the molecule is CN(C)c1ccc(C(=S)c2ccc(N(C)C)cc2)cc1.O=Cc1ccc(O)cc1O. The van der Waals surface area contributed by atoms with Crippen LogP contribution in [0.2, 0.25) is 0 Å². The summed E-state index contributed by atoms with van der Waals surface area (Å²) in [5.41, 5.74) is 4.71. The summed E-state index contributed by atoms with van der Waals surface area (Å²) in [7, 11) is 8.14. The van der Waals surface area contributed by atoms with Gasteiger partial charge in [-0.3, -0.25) is 4.79 Å². The fourth-order valence-corrected chi connectivity index (χ4v) is 2.89. The minimum Gasteiger partial charge on any atom is -0.508 e. The lowest BCUT2D eigenvalue weighted by Crippen LogP contribution is -2.09. The van der Waals surface area contributed by atoms with E-state index >= 15 is 0 Å². The molecule has 2 N–H and O–H groups in total. The van der Waals surface area contributed by atoms with Crippen molar-refractivity contribution in [3.8, 4) is 11.5 Å². The number of thiocarbonyl (C=S) groups is 1. The van der Waals surface area contributed by atoms with Crippen molar-refractivity contribution in [3.63, 3.8) is 0 Å². The number of phenolic OH excluding ortho intramolecular Hbond substituents is 2. The number of hydrogen-bond donors (Lipinski definition) is 2. The van der Waals surface area contributed by atoms with Gasteiger partial charge < -0.3 is 20.0 Å². The average Bonchev–Trinajstić information content (AvgIpc) is 2.74. The lowest BCUT2D eigenvalue weighted by Gasteiger charge is -2.14. The van der Waals surface area contributed by atoms with E-state index in [2.05, 4.69) is 58.3 Å². The number of aldehydes is 1. The van der Waals surface area contributed by atoms with E-state index in [4.69, 9.17) is 22.4 Å². The van der Waals surface area contributed by atoms with Gasteiger partial charge in [-0.15, -0.1) is 0 Å². The van der Waals surface area contributed by atoms with Crippen molar-refractivity contribution in [1.82, 2.24) is 0 Å². The third-order valence-corrected chi connectivity index (χ3v) is 4.90. The molecule has 0 unspecified atom stereocenters. The maximum absolute atomic E-state index is 10.1. The quantitative estimate of drug-likeness (QED) is 0.359. The molecule has 0 aliphatic carbocycles. The maximum Gasteiger partial charge on any atom is 0.153 e. The third kappa shape index (κ3) is 6.06. The van der Waals surface area contributed by atoms with Gasteiger partial charge in [0.1, 0.15) is 11.5 Å². The van der Waals surface area contributed by atoms with Crippen molar-refractivity contribution < 1.29 is 15.0 Å². The van der Waals surface area contributed by atoms with Gasteiger partial charge in [0.05, 0.1) is 10.4 Å².